The zero-order valence-corrected chi connectivity index (χ0v) is 19.4. The van der Waals surface area contributed by atoms with Crippen molar-refractivity contribution in [3.8, 4) is 23.6 Å². The van der Waals surface area contributed by atoms with Gasteiger partial charge < -0.3 is 15.2 Å². The van der Waals surface area contributed by atoms with Gasteiger partial charge in [-0.2, -0.15) is 0 Å². The van der Waals surface area contributed by atoms with E-state index in [1.807, 2.05) is 16.5 Å². The minimum absolute atomic E-state index is 0.00960. The quantitative estimate of drug-likeness (QED) is 0.602. The van der Waals surface area contributed by atoms with E-state index in [0.29, 0.717) is 35.4 Å². The lowest BCUT2D eigenvalue weighted by Crippen LogP contribution is -2.34. The van der Waals surface area contributed by atoms with E-state index < -0.39 is 5.82 Å². The van der Waals surface area contributed by atoms with Crippen molar-refractivity contribution >= 4 is 28.3 Å². The Morgan fingerprint density at radius 2 is 2.03 bits per heavy atom. The van der Waals surface area contributed by atoms with Crippen molar-refractivity contribution < 1.29 is 9.18 Å². The van der Waals surface area contributed by atoms with Gasteiger partial charge in [-0.25, -0.2) is 19.3 Å². The van der Waals surface area contributed by atoms with Crippen LogP contribution < -0.4 is 5.73 Å². The molecule has 8 heteroatoms. The fourth-order valence-electron chi connectivity index (χ4n) is 5.30. The van der Waals surface area contributed by atoms with E-state index in [-0.39, 0.29) is 17.5 Å². The van der Waals surface area contributed by atoms with Gasteiger partial charge in [0.15, 0.2) is 5.82 Å². The van der Waals surface area contributed by atoms with Crippen LogP contribution >= 0.6 is 0 Å². The number of pyridine rings is 1. The van der Waals surface area contributed by atoms with Crippen LogP contribution in [0.25, 0.3) is 27.9 Å². The second-order valence-corrected chi connectivity index (χ2v) is 9.08. The molecule has 0 saturated carbocycles. The molecule has 0 aromatic carbocycles. The first-order valence-corrected chi connectivity index (χ1v) is 11.6. The summed E-state index contributed by atoms with van der Waals surface area (Å²) < 4.78 is 16.9. The van der Waals surface area contributed by atoms with Crippen LogP contribution in [-0.4, -0.2) is 43.4 Å². The third kappa shape index (κ3) is 3.43. The van der Waals surface area contributed by atoms with E-state index in [0.717, 1.165) is 54.6 Å². The molecule has 2 aliphatic rings. The summed E-state index contributed by atoms with van der Waals surface area (Å²) >= 11 is 0. The van der Waals surface area contributed by atoms with E-state index in [1.165, 1.54) is 6.33 Å². The van der Waals surface area contributed by atoms with Crippen molar-refractivity contribution in [2.45, 2.75) is 39.0 Å². The van der Waals surface area contributed by atoms with Gasteiger partial charge in [-0.3, -0.25) is 4.79 Å². The van der Waals surface area contributed by atoms with Crippen molar-refractivity contribution in [2.24, 2.45) is 13.0 Å². The monoisotopic (exact) mass is 458 g/mol. The number of hydrogen-bond donors (Lipinski definition) is 1. The summed E-state index contributed by atoms with van der Waals surface area (Å²) in [5.74, 6) is 2.40. The minimum Gasteiger partial charge on any atom is -0.383 e. The fourth-order valence-corrected chi connectivity index (χ4v) is 5.30. The van der Waals surface area contributed by atoms with Crippen molar-refractivity contribution in [3.63, 3.8) is 0 Å². The molecule has 174 valence electrons. The molecule has 0 spiro atoms. The molecule has 3 aromatic rings. The highest BCUT2D eigenvalue weighted by atomic mass is 19.1. The lowest BCUT2D eigenvalue weighted by atomic mass is 9.84. The van der Waals surface area contributed by atoms with Gasteiger partial charge in [0.05, 0.1) is 11.1 Å². The zero-order chi connectivity index (χ0) is 24.0. The van der Waals surface area contributed by atoms with Crippen LogP contribution in [0.5, 0.6) is 0 Å². The predicted molar refractivity (Wildman–Crippen MR) is 130 cm³/mol. The Kier molecular flexibility index (Phi) is 5.56. The van der Waals surface area contributed by atoms with Gasteiger partial charge in [0.1, 0.15) is 23.5 Å². The predicted octanol–water partition coefficient (Wildman–Crippen LogP) is 3.85. The second-order valence-electron chi connectivity index (χ2n) is 9.08. The lowest BCUT2D eigenvalue weighted by Gasteiger charge is -2.26. The molecule has 0 radical (unpaired) electrons. The maximum absolute atomic E-state index is 15.0. The Labute approximate surface area is 197 Å². The molecule has 0 unspecified atom stereocenters. The van der Waals surface area contributed by atoms with Gasteiger partial charge >= 0.3 is 0 Å². The highest BCUT2D eigenvalue weighted by molar-refractivity contribution is 6.04. The number of nitrogens with two attached hydrogens (primary N) is 1. The maximum Gasteiger partial charge on any atom is 0.226 e. The first-order chi connectivity index (χ1) is 16.4. The molecule has 4 heterocycles. The average molecular weight is 459 g/mol. The van der Waals surface area contributed by atoms with Crippen molar-refractivity contribution in [1.82, 2.24) is 24.4 Å². The molecule has 3 aromatic heterocycles. The SMILES string of the molecule is C#Cc1ncc(-c2c(C3=CC[C@H](C(=O)N4CCCC4)CC3)c3c(N)ncnc3n2C)c(C)c1F. The minimum atomic E-state index is -0.510. The van der Waals surface area contributed by atoms with Crippen LogP contribution in [0.1, 0.15) is 48.9 Å². The Morgan fingerprint density at radius 3 is 2.71 bits per heavy atom. The fraction of sp³-hybridized carbons (Fsp3) is 0.385. The number of halogens is 1. The maximum atomic E-state index is 15.0. The normalized spacial score (nSPS) is 18.2. The number of nitrogen functional groups attached to an aromatic ring is 1. The van der Waals surface area contributed by atoms with Gasteiger partial charge in [-0.05, 0) is 56.1 Å². The molecular formula is C26H27FN6O. The number of nitrogens with zero attached hydrogens (tertiary/aromatic N) is 5. The van der Waals surface area contributed by atoms with Crippen LogP contribution in [0.2, 0.25) is 0 Å². The van der Waals surface area contributed by atoms with Gasteiger partial charge in [-0.1, -0.05) is 6.08 Å². The molecule has 0 bridgehead atoms. The third-order valence-corrected chi connectivity index (χ3v) is 7.15. The number of anilines is 1. The Balaban J connectivity index is 1.64. The molecule has 34 heavy (non-hydrogen) atoms. The average Bonchev–Trinajstić information content (AvgIpc) is 3.48. The Bertz CT molecular complexity index is 1380. The van der Waals surface area contributed by atoms with E-state index in [2.05, 4.69) is 26.9 Å². The van der Waals surface area contributed by atoms with E-state index in [1.54, 1.807) is 13.1 Å². The number of hydrogen-bond acceptors (Lipinski definition) is 5. The molecule has 1 saturated heterocycles. The number of carbonyl (C=O) groups is 1. The number of likely N-dealkylation sites (tertiary alicyclic amines) is 1. The third-order valence-electron chi connectivity index (χ3n) is 7.15. The van der Waals surface area contributed by atoms with Crippen LogP contribution in [0.4, 0.5) is 10.2 Å². The molecule has 1 amide bonds. The number of aryl methyl sites for hydroxylation is 1. The summed E-state index contributed by atoms with van der Waals surface area (Å²) in [7, 11) is 1.88. The Hall–Kier alpha value is -3.73. The van der Waals surface area contributed by atoms with Crippen LogP contribution in [-0.2, 0) is 11.8 Å². The van der Waals surface area contributed by atoms with E-state index in [4.69, 9.17) is 12.2 Å². The van der Waals surface area contributed by atoms with Gasteiger partial charge in [0, 0.05) is 43.4 Å². The second kappa shape index (κ2) is 8.56. The van der Waals surface area contributed by atoms with Crippen LogP contribution in [0.3, 0.4) is 0 Å². The molecule has 1 aliphatic heterocycles. The largest absolute Gasteiger partial charge is 0.383 e. The summed E-state index contributed by atoms with van der Waals surface area (Å²) in [5, 5.41) is 0.733. The van der Waals surface area contributed by atoms with Crippen LogP contribution in [0, 0.1) is 31.0 Å². The highest BCUT2D eigenvalue weighted by Crippen LogP contribution is 2.43. The number of terminal acetylenes is 1. The molecule has 2 N–H and O–H groups in total. The van der Waals surface area contributed by atoms with E-state index >= 15 is 0 Å². The number of carbonyl (C=O) groups excluding carboxylic acids is 1. The lowest BCUT2D eigenvalue weighted by molar-refractivity contribution is -0.134. The number of rotatable bonds is 3. The van der Waals surface area contributed by atoms with Gasteiger partial charge in [0.25, 0.3) is 0 Å². The zero-order valence-electron chi connectivity index (χ0n) is 19.4. The van der Waals surface area contributed by atoms with Crippen molar-refractivity contribution in [1.29, 1.82) is 0 Å². The van der Waals surface area contributed by atoms with Crippen molar-refractivity contribution in [3.05, 3.63) is 41.2 Å². The first-order valence-electron chi connectivity index (χ1n) is 11.6. The summed E-state index contributed by atoms with van der Waals surface area (Å²) in [4.78, 5) is 27.8. The molecule has 7 nitrogen and oxygen atoms in total. The molecule has 1 fully saturated rings. The number of allylic oxidation sites excluding steroid dienone is 2. The summed E-state index contributed by atoms with van der Waals surface area (Å²) in [5.41, 5.74) is 10.7. The topological polar surface area (TPSA) is 89.9 Å². The van der Waals surface area contributed by atoms with E-state index in [9.17, 15) is 9.18 Å². The summed E-state index contributed by atoms with van der Waals surface area (Å²) in [6.07, 6.45) is 14.9. The number of fused-ring (bicyclic) bond motifs is 1. The smallest absolute Gasteiger partial charge is 0.226 e. The standard InChI is InChI=1S/C26H27FN6O/c1-4-19-22(27)15(2)18(13-29-19)23-20(21-24(28)30-14-31-25(21)32(23)3)16-7-9-17(10-8-16)26(34)33-11-5-6-12-33/h1,7,13-14,17H,5-6,8-12H2,2-3H3,(H2,28,30,31)/t17-/m0/s1. The number of amides is 1. The Morgan fingerprint density at radius 1 is 1.26 bits per heavy atom. The molecule has 1 atom stereocenters. The van der Waals surface area contributed by atoms with Crippen LogP contribution in [0.15, 0.2) is 18.6 Å². The molecular weight excluding hydrogens is 431 g/mol. The van der Waals surface area contributed by atoms with Crippen molar-refractivity contribution in [2.75, 3.05) is 18.8 Å². The first kappa shape index (κ1) is 22.1. The summed E-state index contributed by atoms with van der Waals surface area (Å²) in [6.45, 7) is 3.42. The van der Waals surface area contributed by atoms with Gasteiger partial charge in [-0.15, -0.1) is 6.42 Å². The summed E-state index contributed by atoms with van der Waals surface area (Å²) in [6, 6.07) is 0. The number of aromatic nitrogens is 4. The highest BCUT2D eigenvalue weighted by Gasteiger charge is 2.31. The molecule has 5 rings (SSSR count). The van der Waals surface area contributed by atoms with Gasteiger partial charge in [0.2, 0.25) is 5.91 Å². The molecule has 1 aliphatic carbocycles.